The van der Waals surface area contributed by atoms with Gasteiger partial charge in [0, 0.05) is 19.7 Å². The molecule has 5 nitrogen and oxygen atoms in total. The minimum atomic E-state index is -3.64. The number of nitrogens with one attached hydrogen (secondary N) is 1. The summed E-state index contributed by atoms with van der Waals surface area (Å²) < 4.78 is 28.7. The van der Waals surface area contributed by atoms with E-state index in [2.05, 4.69) is 4.72 Å². The average molecular weight is 319 g/mol. The van der Waals surface area contributed by atoms with Crippen LogP contribution in [-0.4, -0.2) is 37.5 Å². The molecule has 1 heterocycles. The number of halogens is 1. The molecule has 1 aromatic carbocycles. The van der Waals surface area contributed by atoms with Crippen molar-refractivity contribution in [2.75, 3.05) is 24.4 Å². The molecular weight excluding hydrogens is 300 g/mol. The number of para-hydroxylation sites is 1. The molecule has 7 heteroatoms. The maximum atomic E-state index is 12.4. The van der Waals surface area contributed by atoms with Gasteiger partial charge in [-0.3, -0.25) is 4.72 Å². The van der Waals surface area contributed by atoms with Gasteiger partial charge in [0.05, 0.1) is 10.7 Å². The summed E-state index contributed by atoms with van der Waals surface area (Å²) in [4.78, 5) is 0. The molecule has 1 saturated heterocycles. The third-order valence-corrected chi connectivity index (χ3v) is 5.32. The lowest BCUT2D eigenvalue weighted by Gasteiger charge is -2.31. The molecule has 1 aromatic rings. The van der Waals surface area contributed by atoms with Crippen molar-refractivity contribution in [3.63, 3.8) is 0 Å². The lowest BCUT2D eigenvalue weighted by Crippen LogP contribution is -2.43. The molecule has 20 heavy (non-hydrogen) atoms. The first-order chi connectivity index (χ1) is 9.44. The zero-order valence-corrected chi connectivity index (χ0v) is 12.9. The van der Waals surface area contributed by atoms with Crippen molar-refractivity contribution in [3.05, 3.63) is 28.8 Å². The zero-order chi connectivity index (χ0) is 14.8. The van der Waals surface area contributed by atoms with Crippen LogP contribution >= 0.6 is 11.6 Å². The highest BCUT2D eigenvalue weighted by molar-refractivity contribution is 7.90. The summed E-state index contributed by atoms with van der Waals surface area (Å²) in [5, 5.41) is 9.57. The molecule has 1 aliphatic heterocycles. The monoisotopic (exact) mass is 318 g/mol. The first kappa shape index (κ1) is 15.6. The van der Waals surface area contributed by atoms with Gasteiger partial charge in [-0.2, -0.15) is 12.7 Å². The second-order valence-electron chi connectivity index (χ2n) is 5.09. The molecule has 0 spiro atoms. The SMILES string of the molecule is Cc1cccc(Cl)c1NS(=O)(=O)N1CCCC(CO)C1. The number of hydrogen-bond acceptors (Lipinski definition) is 3. The third kappa shape index (κ3) is 3.44. The largest absolute Gasteiger partial charge is 0.396 e. The smallest absolute Gasteiger partial charge is 0.301 e. The van der Waals surface area contributed by atoms with E-state index in [0.717, 1.165) is 18.4 Å². The number of piperidine rings is 1. The van der Waals surface area contributed by atoms with Gasteiger partial charge >= 0.3 is 10.2 Å². The van der Waals surface area contributed by atoms with Crippen molar-refractivity contribution >= 4 is 27.5 Å². The van der Waals surface area contributed by atoms with E-state index in [9.17, 15) is 13.5 Å². The second-order valence-corrected chi connectivity index (χ2v) is 7.17. The number of hydrogen-bond donors (Lipinski definition) is 2. The molecule has 1 fully saturated rings. The molecule has 0 bridgehead atoms. The van der Waals surface area contributed by atoms with Crippen LogP contribution in [0.15, 0.2) is 18.2 Å². The van der Waals surface area contributed by atoms with Gasteiger partial charge in [-0.15, -0.1) is 0 Å². The minimum Gasteiger partial charge on any atom is -0.396 e. The molecule has 112 valence electrons. The van der Waals surface area contributed by atoms with E-state index in [1.165, 1.54) is 4.31 Å². The van der Waals surface area contributed by atoms with Crippen molar-refractivity contribution in [3.8, 4) is 0 Å². The molecule has 1 aliphatic rings. The van der Waals surface area contributed by atoms with Crippen LogP contribution in [0.25, 0.3) is 0 Å². The van der Waals surface area contributed by atoms with E-state index in [1.54, 1.807) is 25.1 Å². The molecule has 1 unspecified atom stereocenters. The van der Waals surface area contributed by atoms with Crippen LogP contribution in [-0.2, 0) is 10.2 Å². The topological polar surface area (TPSA) is 69.6 Å². The Labute approximate surface area is 124 Å². The maximum Gasteiger partial charge on any atom is 0.301 e. The molecule has 0 saturated carbocycles. The van der Waals surface area contributed by atoms with Crippen molar-refractivity contribution in [1.82, 2.24) is 4.31 Å². The number of aliphatic hydroxyl groups is 1. The number of anilines is 1. The van der Waals surface area contributed by atoms with Gasteiger partial charge in [-0.05, 0) is 37.3 Å². The Kier molecular flexibility index (Phi) is 4.90. The Morgan fingerprint density at radius 3 is 2.90 bits per heavy atom. The molecule has 1 atom stereocenters. The van der Waals surface area contributed by atoms with Gasteiger partial charge in [0.1, 0.15) is 0 Å². The summed E-state index contributed by atoms with van der Waals surface area (Å²) in [7, 11) is -3.64. The highest BCUT2D eigenvalue weighted by atomic mass is 35.5. The molecule has 2 N–H and O–H groups in total. The Morgan fingerprint density at radius 2 is 2.25 bits per heavy atom. The number of benzene rings is 1. The average Bonchev–Trinajstić information content (AvgIpc) is 2.43. The number of rotatable bonds is 4. The standard InChI is InChI=1S/C13H19ClN2O3S/c1-10-4-2-6-12(14)13(10)15-20(18,19)16-7-3-5-11(8-16)9-17/h2,4,6,11,15,17H,3,5,7-9H2,1H3. The first-order valence-electron chi connectivity index (χ1n) is 6.58. The lowest BCUT2D eigenvalue weighted by atomic mass is 10.0. The zero-order valence-electron chi connectivity index (χ0n) is 11.3. The summed E-state index contributed by atoms with van der Waals surface area (Å²) in [5.41, 5.74) is 1.19. The van der Waals surface area contributed by atoms with E-state index in [-0.39, 0.29) is 12.5 Å². The van der Waals surface area contributed by atoms with Crippen LogP contribution in [0.1, 0.15) is 18.4 Å². The maximum absolute atomic E-state index is 12.4. The fourth-order valence-electron chi connectivity index (χ4n) is 2.35. The number of aryl methyl sites for hydroxylation is 1. The molecule has 0 radical (unpaired) electrons. The summed E-state index contributed by atoms with van der Waals surface area (Å²) in [6.07, 6.45) is 1.61. The first-order valence-corrected chi connectivity index (χ1v) is 8.39. The van der Waals surface area contributed by atoms with E-state index in [0.29, 0.717) is 23.8 Å². The van der Waals surface area contributed by atoms with Gasteiger partial charge < -0.3 is 5.11 Å². The van der Waals surface area contributed by atoms with Crippen LogP contribution in [0, 0.1) is 12.8 Å². The Bertz CT molecular complexity index is 557. The molecule has 0 aliphatic carbocycles. The number of aliphatic hydroxyl groups excluding tert-OH is 1. The van der Waals surface area contributed by atoms with Crippen molar-refractivity contribution < 1.29 is 13.5 Å². The molecule has 0 amide bonds. The molecule has 2 rings (SSSR count). The van der Waals surface area contributed by atoms with E-state index in [1.807, 2.05) is 0 Å². The minimum absolute atomic E-state index is 0.00710. The summed E-state index contributed by atoms with van der Waals surface area (Å²) in [5.74, 6) is 0.00710. The second kappa shape index (κ2) is 6.30. The Balaban J connectivity index is 2.19. The Morgan fingerprint density at radius 1 is 1.50 bits per heavy atom. The van der Waals surface area contributed by atoms with Crippen LogP contribution in [0.3, 0.4) is 0 Å². The van der Waals surface area contributed by atoms with Gasteiger partial charge in [-0.25, -0.2) is 0 Å². The van der Waals surface area contributed by atoms with Gasteiger partial charge in [0.15, 0.2) is 0 Å². The predicted molar refractivity (Wildman–Crippen MR) is 80.1 cm³/mol. The van der Waals surface area contributed by atoms with Crippen molar-refractivity contribution in [2.45, 2.75) is 19.8 Å². The third-order valence-electron chi connectivity index (χ3n) is 3.53. The lowest BCUT2D eigenvalue weighted by molar-refractivity contribution is 0.166. The van der Waals surface area contributed by atoms with Gasteiger partial charge in [0.25, 0.3) is 0 Å². The fourth-order valence-corrected chi connectivity index (χ4v) is 4.11. The van der Waals surface area contributed by atoms with Crippen LogP contribution in [0.4, 0.5) is 5.69 Å². The number of nitrogens with zero attached hydrogens (tertiary/aromatic N) is 1. The highest BCUT2D eigenvalue weighted by Gasteiger charge is 2.29. The van der Waals surface area contributed by atoms with Crippen LogP contribution in [0.5, 0.6) is 0 Å². The van der Waals surface area contributed by atoms with E-state index < -0.39 is 10.2 Å². The predicted octanol–water partition coefficient (Wildman–Crippen LogP) is 2.01. The molecule has 0 aromatic heterocycles. The quantitative estimate of drug-likeness (QED) is 0.892. The fraction of sp³-hybridized carbons (Fsp3) is 0.538. The van der Waals surface area contributed by atoms with Crippen molar-refractivity contribution in [1.29, 1.82) is 0 Å². The Hall–Kier alpha value is -0.820. The van der Waals surface area contributed by atoms with Crippen LogP contribution < -0.4 is 4.72 Å². The van der Waals surface area contributed by atoms with E-state index in [4.69, 9.17) is 11.6 Å². The summed E-state index contributed by atoms with van der Waals surface area (Å²) in [6.45, 7) is 2.62. The van der Waals surface area contributed by atoms with Gasteiger partial charge in [-0.1, -0.05) is 23.7 Å². The normalized spacial score (nSPS) is 20.9. The van der Waals surface area contributed by atoms with E-state index >= 15 is 0 Å². The van der Waals surface area contributed by atoms with Crippen LogP contribution in [0.2, 0.25) is 5.02 Å². The molecular formula is C13H19ClN2O3S. The highest BCUT2D eigenvalue weighted by Crippen LogP contribution is 2.28. The van der Waals surface area contributed by atoms with Gasteiger partial charge in [0.2, 0.25) is 0 Å². The summed E-state index contributed by atoms with van der Waals surface area (Å²) >= 11 is 6.04. The summed E-state index contributed by atoms with van der Waals surface area (Å²) in [6, 6.07) is 5.23. The van der Waals surface area contributed by atoms with Crippen molar-refractivity contribution in [2.24, 2.45) is 5.92 Å².